The number of rotatable bonds is 3. The van der Waals surface area contributed by atoms with Crippen molar-refractivity contribution in [3.63, 3.8) is 0 Å². The molecule has 0 amide bonds. The molecule has 0 unspecified atom stereocenters. The van der Waals surface area contributed by atoms with Crippen LogP contribution in [0.5, 0.6) is 0 Å². The summed E-state index contributed by atoms with van der Waals surface area (Å²) in [5.74, 6) is 0.640. The highest BCUT2D eigenvalue weighted by molar-refractivity contribution is 6.10. The zero-order valence-electron chi connectivity index (χ0n) is 13.2. The van der Waals surface area contributed by atoms with E-state index in [1.807, 2.05) is 67.6 Å². The Balaban J connectivity index is 1.88. The summed E-state index contributed by atoms with van der Waals surface area (Å²) < 4.78 is 1.76. The normalized spacial score (nSPS) is 16.5. The molecule has 0 fully saturated rings. The minimum atomic E-state index is -0.294. The van der Waals surface area contributed by atoms with Gasteiger partial charge < -0.3 is 5.32 Å². The number of hydrogen-bond acceptors (Lipinski definition) is 4. The standard InChI is InChI=1S/C19H16N4O/c1-13-16(18(24)15-10-6-3-7-11-15)17(14-8-4-2-5-9-14)23-19(22-13)20-12-21-23/h2-12,17H,1H3,(H,20,21,22)/t17-/m0/s1. The van der Waals surface area contributed by atoms with Crippen LogP contribution in [0.1, 0.15) is 28.9 Å². The largest absolute Gasteiger partial charge is 0.328 e. The minimum absolute atomic E-state index is 0.00407. The van der Waals surface area contributed by atoms with Crippen molar-refractivity contribution in [3.05, 3.63) is 89.4 Å². The maximum absolute atomic E-state index is 13.2. The van der Waals surface area contributed by atoms with Gasteiger partial charge in [0.25, 0.3) is 0 Å². The lowest BCUT2D eigenvalue weighted by atomic mass is 9.90. The average molecular weight is 316 g/mol. The van der Waals surface area contributed by atoms with Crippen molar-refractivity contribution < 1.29 is 4.79 Å². The van der Waals surface area contributed by atoms with Crippen molar-refractivity contribution in [2.24, 2.45) is 0 Å². The van der Waals surface area contributed by atoms with Crippen LogP contribution in [0.2, 0.25) is 0 Å². The van der Waals surface area contributed by atoms with Gasteiger partial charge in [0, 0.05) is 16.8 Å². The number of benzene rings is 2. The van der Waals surface area contributed by atoms with E-state index < -0.39 is 0 Å². The molecular weight excluding hydrogens is 300 g/mol. The molecule has 0 bridgehead atoms. The number of carbonyl (C=O) groups is 1. The first kappa shape index (κ1) is 14.4. The molecule has 1 N–H and O–H groups in total. The molecule has 3 aromatic rings. The summed E-state index contributed by atoms with van der Waals surface area (Å²) in [5, 5.41) is 7.52. The molecule has 1 aliphatic heterocycles. The number of nitrogens with one attached hydrogen (secondary N) is 1. The van der Waals surface area contributed by atoms with Gasteiger partial charge in [-0.25, -0.2) is 4.68 Å². The monoisotopic (exact) mass is 316 g/mol. The van der Waals surface area contributed by atoms with Crippen molar-refractivity contribution in [2.45, 2.75) is 13.0 Å². The molecule has 5 nitrogen and oxygen atoms in total. The second-order valence-electron chi connectivity index (χ2n) is 5.70. The Hall–Kier alpha value is -3.21. The van der Waals surface area contributed by atoms with Crippen molar-refractivity contribution in [1.82, 2.24) is 14.8 Å². The van der Waals surface area contributed by atoms with Gasteiger partial charge in [-0.1, -0.05) is 60.7 Å². The number of anilines is 1. The first-order valence-electron chi connectivity index (χ1n) is 7.77. The maximum atomic E-state index is 13.2. The van der Waals surface area contributed by atoms with Crippen molar-refractivity contribution in [3.8, 4) is 0 Å². The predicted octanol–water partition coefficient (Wildman–Crippen LogP) is 3.45. The molecule has 0 saturated heterocycles. The summed E-state index contributed by atoms with van der Waals surface area (Å²) >= 11 is 0. The highest BCUT2D eigenvalue weighted by atomic mass is 16.1. The van der Waals surface area contributed by atoms with Gasteiger partial charge in [0.1, 0.15) is 12.4 Å². The first-order chi connectivity index (χ1) is 11.8. The van der Waals surface area contributed by atoms with Crippen LogP contribution in [0.4, 0.5) is 5.95 Å². The number of Topliss-reactive ketones (excluding diaryl/α,β-unsaturated/α-hetero) is 1. The average Bonchev–Trinajstić information content (AvgIpc) is 3.09. The highest BCUT2D eigenvalue weighted by Gasteiger charge is 2.33. The van der Waals surface area contributed by atoms with Gasteiger partial charge in [0.2, 0.25) is 5.95 Å². The molecule has 1 atom stereocenters. The third-order valence-corrected chi connectivity index (χ3v) is 4.19. The summed E-state index contributed by atoms with van der Waals surface area (Å²) in [6.07, 6.45) is 1.50. The quantitative estimate of drug-likeness (QED) is 0.752. The van der Waals surface area contributed by atoms with Gasteiger partial charge in [0.15, 0.2) is 5.78 Å². The molecule has 0 radical (unpaired) electrons. The van der Waals surface area contributed by atoms with Gasteiger partial charge in [-0.2, -0.15) is 10.1 Å². The Bertz CT molecular complexity index is 913. The van der Waals surface area contributed by atoms with Crippen LogP contribution in [0.25, 0.3) is 0 Å². The highest BCUT2D eigenvalue weighted by Crippen LogP contribution is 2.36. The molecule has 1 aromatic heterocycles. The fourth-order valence-electron chi connectivity index (χ4n) is 3.07. The molecule has 2 aromatic carbocycles. The summed E-state index contributed by atoms with van der Waals surface area (Å²) in [6.45, 7) is 1.91. The fourth-order valence-corrected chi connectivity index (χ4v) is 3.07. The SMILES string of the molecule is CC1=C(C(=O)c2ccccc2)[C@H](c2ccccc2)n2ncnc2N1. The first-order valence-corrected chi connectivity index (χ1v) is 7.77. The number of ketones is 1. The number of aromatic nitrogens is 3. The van der Waals surface area contributed by atoms with Gasteiger partial charge in [-0.15, -0.1) is 0 Å². The Morgan fingerprint density at radius 3 is 2.42 bits per heavy atom. The Kier molecular flexibility index (Phi) is 3.46. The van der Waals surface area contributed by atoms with Crippen LogP contribution in [-0.4, -0.2) is 20.5 Å². The molecular formula is C19H16N4O. The number of allylic oxidation sites excluding steroid dienone is 2. The lowest BCUT2D eigenvalue weighted by Crippen LogP contribution is -2.28. The zero-order valence-corrected chi connectivity index (χ0v) is 13.2. The fraction of sp³-hybridized carbons (Fsp3) is 0.105. The molecule has 4 rings (SSSR count). The Labute approximate surface area is 139 Å². The van der Waals surface area contributed by atoms with E-state index in [2.05, 4.69) is 15.4 Å². The smallest absolute Gasteiger partial charge is 0.226 e. The van der Waals surface area contributed by atoms with E-state index in [1.165, 1.54) is 6.33 Å². The van der Waals surface area contributed by atoms with Crippen LogP contribution in [0, 0.1) is 0 Å². The summed E-state index contributed by atoms with van der Waals surface area (Å²) in [5.41, 5.74) is 3.16. The summed E-state index contributed by atoms with van der Waals surface area (Å²) in [4.78, 5) is 17.4. The maximum Gasteiger partial charge on any atom is 0.226 e. The Morgan fingerprint density at radius 2 is 1.71 bits per heavy atom. The van der Waals surface area contributed by atoms with Crippen molar-refractivity contribution in [2.75, 3.05) is 5.32 Å². The molecule has 24 heavy (non-hydrogen) atoms. The molecule has 118 valence electrons. The van der Waals surface area contributed by atoms with Crippen molar-refractivity contribution in [1.29, 1.82) is 0 Å². The third kappa shape index (κ3) is 2.31. The van der Waals surface area contributed by atoms with Crippen LogP contribution < -0.4 is 5.32 Å². The molecule has 5 heteroatoms. The lowest BCUT2D eigenvalue weighted by Gasteiger charge is -2.28. The second-order valence-corrected chi connectivity index (χ2v) is 5.70. The van der Waals surface area contributed by atoms with E-state index in [0.29, 0.717) is 17.1 Å². The van der Waals surface area contributed by atoms with Gasteiger partial charge in [0.05, 0.1) is 0 Å². The van der Waals surface area contributed by atoms with Crippen LogP contribution in [0.3, 0.4) is 0 Å². The van der Waals surface area contributed by atoms with Crippen LogP contribution in [0.15, 0.2) is 78.3 Å². The number of carbonyl (C=O) groups excluding carboxylic acids is 1. The molecule has 0 spiro atoms. The molecule has 2 heterocycles. The number of hydrogen-bond donors (Lipinski definition) is 1. The van der Waals surface area contributed by atoms with Gasteiger partial charge in [-0.05, 0) is 12.5 Å². The van der Waals surface area contributed by atoms with Gasteiger partial charge in [-0.3, -0.25) is 4.79 Å². The molecule has 0 aliphatic carbocycles. The number of nitrogens with zero attached hydrogens (tertiary/aromatic N) is 3. The van der Waals surface area contributed by atoms with E-state index >= 15 is 0 Å². The van der Waals surface area contributed by atoms with E-state index in [9.17, 15) is 4.79 Å². The van der Waals surface area contributed by atoms with Crippen molar-refractivity contribution >= 4 is 11.7 Å². The van der Waals surface area contributed by atoms with Crippen LogP contribution in [-0.2, 0) is 0 Å². The molecule has 1 aliphatic rings. The van der Waals surface area contributed by atoms with E-state index in [0.717, 1.165) is 11.3 Å². The van der Waals surface area contributed by atoms with E-state index in [-0.39, 0.29) is 11.8 Å². The lowest BCUT2D eigenvalue weighted by molar-refractivity contribution is 0.102. The summed E-state index contributed by atoms with van der Waals surface area (Å²) in [7, 11) is 0. The number of fused-ring (bicyclic) bond motifs is 1. The topological polar surface area (TPSA) is 59.8 Å². The second kappa shape index (κ2) is 5.77. The third-order valence-electron chi connectivity index (χ3n) is 4.19. The van der Waals surface area contributed by atoms with E-state index in [1.54, 1.807) is 4.68 Å². The van der Waals surface area contributed by atoms with E-state index in [4.69, 9.17) is 0 Å². The van der Waals surface area contributed by atoms with Gasteiger partial charge >= 0.3 is 0 Å². The Morgan fingerprint density at radius 1 is 1.04 bits per heavy atom. The predicted molar refractivity (Wildman–Crippen MR) is 91.7 cm³/mol. The van der Waals surface area contributed by atoms with Crippen LogP contribution >= 0.6 is 0 Å². The minimum Gasteiger partial charge on any atom is -0.328 e. The zero-order chi connectivity index (χ0) is 16.5. The summed E-state index contributed by atoms with van der Waals surface area (Å²) in [6, 6.07) is 18.9. The molecule has 0 saturated carbocycles.